The Bertz CT molecular complexity index is 973. The van der Waals surface area contributed by atoms with Gasteiger partial charge >= 0.3 is 6.03 Å². The molecule has 1 heterocycles. The fourth-order valence-electron chi connectivity index (χ4n) is 5.85. The SMILES string of the molecule is CC(C)(C)NC(=O)NC(C(=O)N1CC2C(C1C(=O)NC(CC1CC1)C(=O)C(N)=O)C2(Cl)Cl)C1CCCC1. The number of amides is 5. The van der Waals surface area contributed by atoms with E-state index in [0.29, 0.717) is 6.42 Å². The van der Waals surface area contributed by atoms with E-state index in [0.717, 1.165) is 38.5 Å². The van der Waals surface area contributed by atoms with Gasteiger partial charge in [0.05, 0.1) is 6.04 Å². The lowest BCUT2D eigenvalue weighted by atomic mass is 9.96. The van der Waals surface area contributed by atoms with Gasteiger partial charge in [-0.15, -0.1) is 23.2 Å². The van der Waals surface area contributed by atoms with E-state index in [1.807, 2.05) is 20.8 Å². The monoisotopic (exact) mass is 557 g/mol. The van der Waals surface area contributed by atoms with Gasteiger partial charge in [0.15, 0.2) is 0 Å². The van der Waals surface area contributed by atoms with Crippen LogP contribution in [0.15, 0.2) is 0 Å². The number of urea groups is 1. The summed E-state index contributed by atoms with van der Waals surface area (Å²) >= 11 is 12.9. The highest BCUT2D eigenvalue weighted by molar-refractivity contribution is 6.51. The molecule has 0 spiro atoms. The molecule has 5 unspecified atom stereocenters. The van der Waals surface area contributed by atoms with Gasteiger partial charge in [0.2, 0.25) is 17.6 Å². The highest BCUT2D eigenvalue weighted by Gasteiger charge is 2.74. The molecular weight excluding hydrogens is 521 g/mol. The molecule has 37 heavy (non-hydrogen) atoms. The predicted octanol–water partition coefficient (Wildman–Crippen LogP) is 1.61. The van der Waals surface area contributed by atoms with Crippen LogP contribution in [0.2, 0.25) is 0 Å². The number of piperidine rings is 1. The average molecular weight is 559 g/mol. The van der Waals surface area contributed by atoms with Gasteiger partial charge < -0.3 is 26.6 Å². The Morgan fingerprint density at radius 1 is 1.03 bits per heavy atom. The van der Waals surface area contributed by atoms with Crippen molar-refractivity contribution in [2.24, 2.45) is 29.4 Å². The summed E-state index contributed by atoms with van der Waals surface area (Å²) in [6.45, 7) is 5.70. The first-order chi connectivity index (χ1) is 17.2. The maximum atomic E-state index is 13.9. The number of hydrogen-bond donors (Lipinski definition) is 4. The minimum absolute atomic E-state index is 0.0605. The molecule has 0 aromatic heterocycles. The summed E-state index contributed by atoms with van der Waals surface area (Å²) in [5.74, 6) is -3.59. The number of carbonyl (C=O) groups is 5. The summed E-state index contributed by atoms with van der Waals surface area (Å²) in [4.78, 5) is 65.7. The Morgan fingerprint density at radius 3 is 2.19 bits per heavy atom. The van der Waals surface area contributed by atoms with E-state index in [1.54, 1.807) is 0 Å². The summed E-state index contributed by atoms with van der Waals surface area (Å²) in [5.41, 5.74) is 4.73. The van der Waals surface area contributed by atoms with E-state index in [2.05, 4.69) is 16.0 Å². The number of ketones is 1. The van der Waals surface area contributed by atoms with Crippen molar-refractivity contribution in [3.05, 3.63) is 0 Å². The number of nitrogens with two attached hydrogens (primary N) is 1. The maximum absolute atomic E-state index is 13.9. The largest absolute Gasteiger partial charge is 0.363 e. The van der Waals surface area contributed by atoms with E-state index in [9.17, 15) is 24.0 Å². The summed E-state index contributed by atoms with van der Waals surface area (Å²) in [7, 11) is 0. The first kappa shape index (κ1) is 28.0. The summed E-state index contributed by atoms with van der Waals surface area (Å²) in [5, 5.41) is 8.36. The van der Waals surface area contributed by atoms with E-state index < -0.39 is 57.5 Å². The standard InChI is InChI=1S/C25H37Cl2N5O5/c1-24(2,3)31-23(37)30-17(13-6-4-5-7-13)22(36)32-11-14-16(25(14,26)27)18(32)21(35)29-15(10-12-8-9-12)19(33)20(28)34/h12-18H,4-11H2,1-3H3,(H2,28,34)(H,29,35)(H2,30,31,37). The lowest BCUT2D eigenvalue weighted by Gasteiger charge is -2.35. The number of nitrogens with zero attached hydrogens (tertiary/aromatic N) is 1. The molecule has 5 amide bonds. The molecule has 0 bridgehead atoms. The smallest absolute Gasteiger partial charge is 0.315 e. The van der Waals surface area contributed by atoms with Crippen LogP contribution in [0.5, 0.6) is 0 Å². The fourth-order valence-corrected chi connectivity index (χ4v) is 6.68. The van der Waals surface area contributed by atoms with Gasteiger partial charge in [-0.2, -0.15) is 0 Å². The summed E-state index contributed by atoms with van der Waals surface area (Å²) < 4.78 is -1.17. The predicted molar refractivity (Wildman–Crippen MR) is 138 cm³/mol. The second-order valence-corrected chi connectivity index (χ2v) is 13.5. The Balaban J connectivity index is 1.54. The quantitative estimate of drug-likeness (QED) is 0.251. The van der Waals surface area contributed by atoms with Crippen molar-refractivity contribution < 1.29 is 24.0 Å². The number of fused-ring (bicyclic) bond motifs is 1. The molecule has 4 aliphatic rings. The van der Waals surface area contributed by atoms with Gasteiger partial charge in [0.25, 0.3) is 5.91 Å². The zero-order valence-corrected chi connectivity index (χ0v) is 23.0. The number of carbonyl (C=O) groups excluding carboxylic acids is 5. The van der Waals surface area contributed by atoms with Crippen LogP contribution in [0.25, 0.3) is 0 Å². The van der Waals surface area contributed by atoms with Gasteiger partial charge in [-0.25, -0.2) is 4.79 Å². The number of primary amides is 1. The normalized spacial score (nSPS) is 28.1. The molecule has 3 aliphatic carbocycles. The summed E-state index contributed by atoms with van der Waals surface area (Å²) in [6, 6.07) is -3.35. The second kappa shape index (κ2) is 10.2. The van der Waals surface area contributed by atoms with E-state index in [-0.39, 0.29) is 30.2 Å². The maximum Gasteiger partial charge on any atom is 0.315 e. The van der Waals surface area contributed by atoms with Crippen LogP contribution < -0.4 is 21.7 Å². The molecule has 3 saturated carbocycles. The molecule has 1 saturated heterocycles. The molecular formula is C25H37Cl2N5O5. The number of likely N-dealkylation sites (tertiary alicyclic amines) is 1. The number of rotatable bonds is 9. The highest BCUT2D eigenvalue weighted by Crippen LogP contribution is 2.65. The van der Waals surface area contributed by atoms with Gasteiger partial charge in [-0.05, 0) is 51.9 Å². The van der Waals surface area contributed by atoms with E-state index in [4.69, 9.17) is 28.9 Å². The fraction of sp³-hybridized carbons (Fsp3) is 0.800. The Kier molecular flexibility index (Phi) is 7.74. The van der Waals surface area contributed by atoms with Crippen molar-refractivity contribution in [3.8, 4) is 0 Å². The van der Waals surface area contributed by atoms with Crippen molar-refractivity contribution in [2.45, 2.75) is 93.7 Å². The van der Waals surface area contributed by atoms with Crippen LogP contribution in [-0.4, -0.2) is 69.0 Å². The number of halogens is 2. The van der Waals surface area contributed by atoms with Gasteiger partial charge in [0.1, 0.15) is 16.4 Å². The first-order valence-corrected chi connectivity index (χ1v) is 13.9. The lowest BCUT2D eigenvalue weighted by molar-refractivity contribution is -0.143. The van der Waals surface area contributed by atoms with Crippen molar-refractivity contribution in [2.75, 3.05) is 6.54 Å². The van der Waals surface area contributed by atoms with Crippen molar-refractivity contribution in [3.63, 3.8) is 0 Å². The number of Topliss-reactive ketones (excluding diaryl/α,β-unsaturated/α-hetero) is 1. The second-order valence-electron chi connectivity index (χ2n) is 12.1. The minimum Gasteiger partial charge on any atom is -0.363 e. The average Bonchev–Trinajstić information content (AvgIpc) is 3.49. The molecule has 4 rings (SSSR count). The number of nitrogens with one attached hydrogen (secondary N) is 3. The topological polar surface area (TPSA) is 151 Å². The Hall–Kier alpha value is -2.07. The van der Waals surface area contributed by atoms with Crippen molar-refractivity contribution in [1.29, 1.82) is 0 Å². The number of alkyl halides is 2. The van der Waals surface area contributed by atoms with Gasteiger partial charge in [0, 0.05) is 23.9 Å². The van der Waals surface area contributed by atoms with Crippen molar-refractivity contribution in [1.82, 2.24) is 20.9 Å². The van der Waals surface area contributed by atoms with Gasteiger partial charge in [-0.3, -0.25) is 19.2 Å². The van der Waals surface area contributed by atoms with Crippen LogP contribution in [0.1, 0.15) is 65.7 Å². The van der Waals surface area contributed by atoms with E-state index >= 15 is 0 Å². The molecule has 5 atom stereocenters. The van der Waals surface area contributed by atoms with Crippen LogP contribution in [0, 0.1) is 23.7 Å². The summed E-state index contributed by atoms with van der Waals surface area (Å²) in [6.07, 6.45) is 5.62. The molecule has 10 nitrogen and oxygen atoms in total. The third-order valence-electron chi connectivity index (χ3n) is 7.94. The molecule has 12 heteroatoms. The van der Waals surface area contributed by atoms with Crippen LogP contribution in [-0.2, 0) is 19.2 Å². The Labute approximate surface area is 227 Å². The van der Waals surface area contributed by atoms with Crippen LogP contribution >= 0.6 is 23.2 Å². The number of hydrogen-bond acceptors (Lipinski definition) is 5. The van der Waals surface area contributed by atoms with Crippen molar-refractivity contribution >= 4 is 52.7 Å². The van der Waals surface area contributed by atoms with Crippen LogP contribution in [0.3, 0.4) is 0 Å². The molecule has 0 radical (unpaired) electrons. The zero-order valence-electron chi connectivity index (χ0n) is 21.5. The highest BCUT2D eigenvalue weighted by atomic mass is 35.5. The third-order valence-corrected chi connectivity index (χ3v) is 9.00. The molecule has 5 N–H and O–H groups in total. The van der Waals surface area contributed by atoms with Gasteiger partial charge in [-0.1, -0.05) is 25.7 Å². The molecule has 206 valence electrons. The third kappa shape index (κ3) is 6.16. The van der Waals surface area contributed by atoms with E-state index in [1.165, 1.54) is 4.90 Å². The minimum atomic E-state index is -1.17. The van der Waals surface area contributed by atoms with Crippen LogP contribution in [0.4, 0.5) is 4.79 Å². The molecule has 4 fully saturated rings. The molecule has 1 aliphatic heterocycles. The molecule has 0 aromatic rings. The zero-order chi connectivity index (χ0) is 27.3. The first-order valence-electron chi connectivity index (χ1n) is 13.1. The Morgan fingerprint density at radius 2 is 1.65 bits per heavy atom. The molecule has 0 aromatic carbocycles. The lowest BCUT2D eigenvalue weighted by Crippen LogP contribution is -2.61.